The molecule has 1 N–H and O–H groups in total. The number of ether oxygens (including phenoxy) is 2. The third-order valence-corrected chi connectivity index (χ3v) is 4.94. The molecule has 2 aliphatic heterocycles. The molecule has 0 saturated carbocycles. The zero-order chi connectivity index (χ0) is 16.6. The number of benzene rings is 1. The molecular weight excluding hydrogens is 304 g/mol. The zero-order valence-electron chi connectivity index (χ0n) is 14.3. The highest BCUT2D eigenvalue weighted by atomic mass is 16.7. The molecule has 0 unspecified atom stereocenters. The van der Waals surface area contributed by atoms with Gasteiger partial charge < -0.3 is 9.47 Å². The summed E-state index contributed by atoms with van der Waals surface area (Å²) in [6.45, 7) is 7.66. The Labute approximate surface area is 142 Å². The van der Waals surface area contributed by atoms with E-state index >= 15 is 0 Å². The van der Waals surface area contributed by atoms with Crippen LogP contribution in [0, 0.1) is 12.3 Å². The standard InChI is InChI=1S/C18H24N4O2/c1-13-19-17(21-20-13)10-22-7-3-6-18(2,11-22)9-14-4-5-15-16(8-14)24-12-23-15/h4-5,8H,3,6-7,9-12H2,1-2H3,(H,19,20,21)/t18-/m1/s1. The molecule has 2 aromatic rings. The van der Waals surface area contributed by atoms with Gasteiger partial charge in [0.05, 0.1) is 6.54 Å². The van der Waals surface area contributed by atoms with Crippen LogP contribution in [0.25, 0.3) is 0 Å². The van der Waals surface area contributed by atoms with Crippen LogP contribution < -0.4 is 9.47 Å². The lowest BCUT2D eigenvalue weighted by molar-refractivity contribution is 0.0949. The van der Waals surface area contributed by atoms with E-state index in [2.05, 4.69) is 39.1 Å². The average Bonchev–Trinajstić information content (AvgIpc) is 3.15. The summed E-state index contributed by atoms with van der Waals surface area (Å²) in [6.07, 6.45) is 3.50. The Kier molecular flexibility index (Phi) is 3.92. The van der Waals surface area contributed by atoms with Crippen molar-refractivity contribution in [1.82, 2.24) is 20.1 Å². The molecule has 128 valence electrons. The van der Waals surface area contributed by atoms with E-state index in [0.29, 0.717) is 6.79 Å². The second kappa shape index (κ2) is 6.09. The molecule has 0 radical (unpaired) electrons. The summed E-state index contributed by atoms with van der Waals surface area (Å²) in [4.78, 5) is 6.91. The number of hydrogen-bond donors (Lipinski definition) is 1. The van der Waals surface area contributed by atoms with Crippen molar-refractivity contribution in [3.8, 4) is 11.5 Å². The van der Waals surface area contributed by atoms with E-state index in [1.54, 1.807) is 0 Å². The molecular formula is C18H24N4O2. The molecule has 1 aromatic heterocycles. The number of hydrogen-bond acceptors (Lipinski definition) is 5. The van der Waals surface area contributed by atoms with Crippen LogP contribution in [0.3, 0.4) is 0 Å². The van der Waals surface area contributed by atoms with Crippen molar-refractivity contribution in [2.75, 3.05) is 19.9 Å². The number of aromatic amines is 1. The summed E-state index contributed by atoms with van der Waals surface area (Å²) in [7, 11) is 0. The van der Waals surface area contributed by atoms with Gasteiger partial charge in [0, 0.05) is 6.54 Å². The van der Waals surface area contributed by atoms with Crippen molar-refractivity contribution in [3.63, 3.8) is 0 Å². The van der Waals surface area contributed by atoms with Gasteiger partial charge in [-0.3, -0.25) is 10.00 Å². The molecule has 1 aromatic carbocycles. The first-order valence-electron chi connectivity index (χ1n) is 8.58. The molecule has 0 spiro atoms. The summed E-state index contributed by atoms with van der Waals surface area (Å²) in [6, 6.07) is 6.32. The Bertz CT molecular complexity index is 730. The highest BCUT2D eigenvalue weighted by Crippen LogP contribution is 2.37. The first-order chi connectivity index (χ1) is 11.6. The number of rotatable bonds is 4. The van der Waals surface area contributed by atoms with Crippen LogP contribution in [-0.4, -0.2) is 40.0 Å². The van der Waals surface area contributed by atoms with Crippen LogP contribution in [0.15, 0.2) is 18.2 Å². The predicted octanol–water partition coefficient (Wildman–Crippen LogP) is 2.69. The highest BCUT2D eigenvalue weighted by Gasteiger charge is 2.32. The van der Waals surface area contributed by atoms with Crippen molar-refractivity contribution in [3.05, 3.63) is 35.4 Å². The van der Waals surface area contributed by atoms with Gasteiger partial charge >= 0.3 is 0 Å². The number of likely N-dealkylation sites (tertiary alicyclic amines) is 1. The molecule has 2 aliphatic rings. The fourth-order valence-corrected chi connectivity index (χ4v) is 3.91. The number of nitrogens with one attached hydrogen (secondary N) is 1. The van der Waals surface area contributed by atoms with Gasteiger partial charge in [-0.05, 0) is 55.8 Å². The Morgan fingerprint density at radius 2 is 2.17 bits per heavy atom. The Morgan fingerprint density at radius 3 is 3.00 bits per heavy atom. The van der Waals surface area contributed by atoms with E-state index in [-0.39, 0.29) is 5.41 Å². The van der Waals surface area contributed by atoms with Crippen LogP contribution in [-0.2, 0) is 13.0 Å². The van der Waals surface area contributed by atoms with Crippen LogP contribution >= 0.6 is 0 Å². The van der Waals surface area contributed by atoms with E-state index in [0.717, 1.165) is 49.2 Å². The van der Waals surface area contributed by atoms with Gasteiger partial charge in [0.1, 0.15) is 5.82 Å². The Morgan fingerprint density at radius 1 is 1.29 bits per heavy atom. The Balaban J connectivity index is 1.43. The van der Waals surface area contributed by atoms with Gasteiger partial charge in [-0.25, -0.2) is 4.98 Å². The number of aryl methyl sites for hydroxylation is 1. The minimum absolute atomic E-state index is 0.261. The summed E-state index contributed by atoms with van der Waals surface area (Å²) >= 11 is 0. The molecule has 0 aliphatic carbocycles. The van der Waals surface area contributed by atoms with Crippen LogP contribution in [0.1, 0.15) is 37.0 Å². The first-order valence-corrected chi connectivity index (χ1v) is 8.58. The number of nitrogens with zero attached hydrogens (tertiary/aromatic N) is 3. The second-order valence-corrected chi connectivity index (χ2v) is 7.33. The van der Waals surface area contributed by atoms with Crippen molar-refractivity contribution < 1.29 is 9.47 Å². The molecule has 0 bridgehead atoms. The lowest BCUT2D eigenvalue weighted by Gasteiger charge is -2.40. The van der Waals surface area contributed by atoms with Crippen molar-refractivity contribution in [2.24, 2.45) is 5.41 Å². The topological polar surface area (TPSA) is 63.3 Å². The third kappa shape index (κ3) is 3.24. The molecule has 4 rings (SSSR count). The maximum absolute atomic E-state index is 5.51. The molecule has 1 atom stereocenters. The van der Waals surface area contributed by atoms with Gasteiger partial charge in [-0.15, -0.1) is 0 Å². The fraction of sp³-hybridized carbons (Fsp3) is 0.556. The van der Waals surface area contributed by atoms with Crippen molar-refractivity contribution in [2.45, 2.75) is 39.7 Å². The zero-order valence-corrected chi connectivity index (χ0v) is 14.3. The van der Waals surface area contributed by atoms with Gasteiger partial charge in [0.2, 0.25) is 6.79 Å². The summed E-state index contributed by atoms with van der Waals surface area (Å²) in [5.74, 6) is 3.50. The summed E-state index contributed by atoms with van der Waals surface area (Å²) in [5.41, 5.74) is 1.58. The lowest BCUT2D eigenvalue weighted by Crippen LogP contribution is -2.42. The summed E-state index contributed by atoms with van der Waals surface area (Å²) < 4.78 is 10.9. The number of fused-ring (bicyclic) bond motifs is 1. The van der Waals surface area contributed by atoms with Gasteiger partial charge in [0.15, 0.2) is 17.3 Å². The minimum atomic E-state index is 0.261. The van der Waals surface area contributed by atoms with Crippen molar-refractivity contribution in [1.29, 1.82) is 0 Å². The quantitative estimate of drug-likeness (QED) is 0.935. The van der Waals surface area contributed by atoms with E-state index < -0.39 is 0 Å². The molecule has 1 saturated heterocycles. The van der Waals surface area contributed by atoms with Crippen LogP contribution in [0.2, 0.25) is 0 Å². The average molecular weight is 328 g/mol. The van der Waals surface area contributed by atoms with E-state index in [4.69, 9.17) is 9.47 Å². The van der Waals surface area contributed by atoms with Gasteiger partial charge in [-0.1, -0.05) is 13.0 Å². The lowest BCUT2D eigenvalue weighted by atomic mass is 9.77. The van der Waals surface area contributed by atoms with Crippen LogP contribution in [0.5, 0.6) is 11.5 Å². The molecule has 3 heterocycles. The normalized spacial score (nSPS) is 23.6. The van der Waals surface area contributed by atoms with E-state index in [1.165, 1.54) is 18.4 Å². The number of aromatic nitrogens is 3. The van der Waals surface area contributed by atoms with Crippen molar-refractivity contribution >= 4 is 0 Å². The highest BCUT2D eigenvalue weighted by molar-refractivity contribution is 5.44. The van der Waals surface area contributed by atoms with Gasteiger partial charge in [0.25, 0.3) is 0 Å². The molecule has 6 nitrogen and oxygen atoms in total. The van der Waals surface area contributed by atoms with E-state index in [9.17, 15) is 0 Å². The maximum Gasteiger partial charge on any atom is 0.231 e. The maximum atomic E-state index is 5.51. The monoisotopic (exact) mass is 328 g/mol. The summed E-state index contributed by atoms with van der Waals surface area (Å²) in [5, 5.41) is 7.20. The first kappa shape index (κ1) is 15.4. The van der Waals surface area contributed by atoms with E-state index in [1.807, 2.05) is 13.0 Å². The molecule has 1 fully saturated rings. The minimum Gasteiger partial charge on any atom is -0.454 e. The molecule has 6 heteroatoms. The number of H-pyrrole nitrogens is 1. The fourth-order valence-electron chi connectivity index (χ4n) is 3.91. The molecule has 24 heavy (non-hydrogen) atoms. The third-order valence-electron chi connectivity index (χ3n) is 4.94. The molecule has 0 amide bonds. The SMILES string of the molecule is Cc1nc(CN2CCC[C@](C)(Cc3ccc4c(c3)OCO4)C2)n[nH]1. The number of piperidine rings is 1. The largest absolute Gasteiger partial charge is 0.454 e. The predicted molar refractivity (Wildman–Crippen MR) is 90.0 cm³/mol. The van der Waals surface area contributed by atoms with Gasteiger partial charge in [-0.2, -0.15) is 5.10 Å². The second-order valence-electron chi connectivity index (χ2n) is 7.33. The van der Waals surface area contributed by atoms with Crippen LogP contribution in [0.4, 0.5) is 0 Å². The Hall–Kier alpha value is -2.08. The smallest absolute Gasteiger partial charge is 0.231 e.